The van der Waals surface area contributed by atoms with Crippen molar-refractivity contribution in [3.63, 3.8) is 0 Å². The van der Waals surface area contributed by atoms with Crippen LogP contribution in [-0.2, 0) is 0 Å². The Hall–Kier alpha value is -2.28. The van der Waals surface area contributed by atoms with Gasteiger partial charge in [-0.3, -0.25) is 0 Å². The van der Waals surface area contributed by atoms with Crippen LogP contribution < -0.4 is 0 Å². The van der Waals surface area contributed by atoms with E-state index in [0.29, 0.717) is 0 Å². The first-order valence-corrected chi connectivity index (χ1v) is 6.59. The molecular weight excluding hydrogens is 230 g/mol. The van der Waals surface area contributed by atoms with E-state index in [1.54, 1.807) is 0 Å². The molecule has 1 nitrogen and oxygen atoms in total. The largest absolute Gasteiger partial charge is 0.355 e. The van der Waals surface area contributed by atoms with Crippen LogP contribution in [0.2, 0.25) is 0 Å². The van der Waals surface area contributed by atoms with Gasteiger partial charge in [-0.15, -0.1) is 0 Å². The van der Waals surface area contributed by atoms with Crippen LogP contribution in [-0.4, -0.2) is 4.98 Å². The average molecular weight is 247 g/mol. The summed E-state index contributed by atoms with van der Waals surface area (Å²) in [6.45, 7) is 4.17. The molecule has 0 bridgehead atoms. The molecule has 0 saturated carbocycles. The van der Waals surface area contributed by atoms with E-state index in [0.717, 1.165) is 0 Å². The number of hydrogen-bond acceptors (Lipinski definition) is 0. The number of para-hydroxylation sites is 1. The van der Waals surface area contributed by atoms with Gasteiger partial charge >= 0.3 is 0 Å². The Labute approximate surface area is 113 Å². The lowest BCUT2D eigenvalue weighted by Gasteiger charge is -1.96. The van der Waals surface area contributed by atoms with E-state index in [1.807, 2.05) is 0 Å². The van der Waals surface area contributed by atoms with E-state index >= 15 is 0 Å². The van der Waals surface area contributed by atoms with Crippen molar-refractivity contribution in [1.29, 1.82) is 0 Å². The molecular formula is C18H17N. The molecule has 0 spiro atoms. The smallest absolute Gasteiger partial charge is 0.0465 e. The number of rotatable bonds is 2. The number of aromatic nitrogens is 1. The second-order valence-electron chi connectivity index (χ2n) is 4.84. The summed E-state index contributed by atoms with van der Waals surface area (Å²) in [7, 11) is 0. The van der Waals surface area contributed by atoms with Gasteiger partial charge in [-0.05, 0) is 37.6 Å². The summed E-state index contributed by atoms with van der Waals surface area (Å²) in [6, 6.07) is 15.0. The molecule has 19 heavy (non-hydrogen) atoms. The second kappa shape index (κ2) is 4.77. The number of nitrogens with one attached hydrogen (secondary N) is 1. The van der Waals surface area contributed by atoms with Gasteiger partial charge in [0.2, 0.25) is 0 Å². The first kappa shape index (κ1) is 11.8. The number of hydrogen-bond donors (Lipinski definition) is 1. The molecule has 0 radical (unpaired) electrons. The predicted octanol–water partition coefficient (Wildman–Crippen LogP) is 5.30. The Morgan fingerprint density at radius 3 is 2.63 bits per heavy atom. The summed E-state index contributed by atoms with van der Waals surface area (Å²) in [4.78, 5) is 3.45. The third-order valence-corrected chi connectivity index (χ3v) is 3.52. The molecule has 94 valence electrons. The third-order valence-electron chi connectivity index (χ3n) is 3.52. The van der Waals surface area contributed by atoms with E-state index in [4.69, 9.17) is 0 Å². The normalized spacial score (nSPS) is 12.8. The molecule has 0 unspecified atom stereocenters. The molecule has 1 N–H and O–H groups in total. The van der Waals surface area contributed by atoms with Crippen LogP contribution in [0.5, 0.6) is 0 Å². The molecule has 2 aromatic carbocycles. The molecule has 0 saturated heterocycles. The summed E-state index contributed by atoms with van der Waals surface area (Å²) < 4.78 is 0. The van der Waals surface area contributed by atoms with Crippen LogP contribution in [0.15, 0.2) is 60.2 Å². The third kappa shape index (κ3) is 2.19. The lowest BCUT2D eigenvalue weighted by atomic mass is 10.1. The van der Waals surface area contributed by atoms with Crippen molar-refractivity contribution in [2.45, 2.75) is 13.8 Å². The highest BCUT2D eigenvalue weighted by atomic mass is 14.7. The molecule has 1 heterocycles. The highest BCUT2D eigenvalue weighted by Crippen LogP contribution is 2.26. The first-order chi connectivity index (χ1) is 9.28. The van der Waals surface area contributed by atoms with Crippen molar-refractivity contribution in [2.75, 3.05) is 0 Å². The molecule has 1 aromatic heterocycles. The van der Waals surface area contributed by atoms with Crippen molar-refractivity contribution in [1.82, 2.24) is 4.98 Å². The van der Waals surface area contributed by atoms with Crippen LogP contribution in [0.3, 0.4) is 0 Å². The maximum absolute atomic E-state index is 3.45. The molecule has 1 heteroatoms. The van der Waals surface area contributed by atoms with E-state index in [2.05, 4.69) is 79.5 Å². The SMILES string of the molecule is C/C=C(C)\C=C/c1ccc2[nH]c3ccccc3c2c1. The molecule has 0 atom stereocenters. The molecule has 0 fully saturated rings. The summed E-state index contributed by atoms with van der Waals surface area (Å²) in [6.07, 6.45) is 6.42. The first-order valence-electron chi connectivity index (χ1n) is 6.59. The van der Waals surface area contributed by atoms with Gasteiger partial charge in [0.1, 0.15) is 0 Å². The van der Waals surface area contributed by atoms with Gasteiger partial charge in [0.05, 0.1) is 0 Å². The van der Waals surface area contributed by atoms with Gasteiger partial charge < -0.3 is 4.98 Å². The van der Waals surface area contributed by atoms with E-state index in [9.17, 15) is 0 Å². The van der Waals surface area contributed by atoms with Gasteiger partial charge in [-0.1, -0.05) is 48.1 Å². The monoisotopic (exact) mass is 247 g/mol. The number of benzene rings is 2. The van der Waals surface area contributed by atoms with E-state index in [1.165, 1.54) is 32.9 Å². The zero-order valence-corrected chi connectivity index (χ0v) is 11.3. The number of fused-ring (bicyclic) bond motifs is 3. The zero-order chi connectivity index (χ0) is 13.2. The molecule has 0 aliphatic carbocycles. The fourth-order valence-electron chi connectivity index (χ4n) is 2.29. The molecule has 0 amide bonds. The maximum Gasteiger partial charge on any atom is 0.0465 e. The highest BCUT2D eigenvalue weighted by molar-refractivity contribution is 6.07. The number of allylic oxidation sites excluding steroid dienone is 3. The van der Waals surface area contributed by atoms with Crippen LogP contribution in [0.4, 0.5) is 0 Å². The van der Waals surface area contributed by atoms with Crippen LogP contribution in [0, 0.1) is 0 Å². The summed E-state index contributed by atoms with van der Waals surface area (Å²) in [5, 5.41) is 2.58. The Bertz CT molecular complexity index is 788. The van der Waals surface area contributed by atoms with Crippen LogP contribution >= 0.6 is 0 Å². The van der Waals surface area contributed by atoms with Crippen molar-refractivity contribution in [3.8, 4) is 0 Å². The lowest BCUT2D eigenvalue weighted by molar-refractivity contribution is 1.49. The summed E-state index contributed by atoms with van der Waals surface area (Å²) in [5.74, 6) is 0. The highest BCUT2D eigenvalue weighted by Gasteiger charge is 2.02. The van der Waals surface area contributed by atoms with Gasteiger partial charge in [-0.2, -0.15) is 0 Å². The molecule has 3 rings (SSSR count). The van der Waals surface area contributed by atoms with Gasteiger partial charge in [0, 0.05) is 21.8 Å². The minimum atomic E-state index is 1.20. The van der Waals surface area contributed by atoms with Crippen LogP contribution in [0.25, 0.3) is 27.9 Å². The van der Waals surface area contributed by atoms with Crippen molar-refractivity contribution in [2.24, 2.45) is 0 Å². The summed E-state index contributed by atoms with van der Waals surface area (Å²) in [5.41, 5.74) is 4.90. The van der Waals surface area contributed by atoms with E-state index in [-0.39, 0.29) is 0 Å². The van der Waals surface area contributed by atoms with Crippen molar-refractivity contribution < 1.29 is 0 Å². The van der Waals surface area contributed by atoms with Gasteiger partial charge in [-0.25, -0.2) is 0 Å². The molecule has 0 aliphatic heterocycles. The Kier molecular flexibility index (Phi) is 2.96. The maximum atomic E-state index is 3.45. The Balaban J connectivity index is 2.14. The van der Waals surface area contributed by atoms with Crippen molar-refractivity contribution >= 4 is 27.9 Å². The Morgan fingerprint density at radius 1 is 1.00 bits per heavy atom. The van der Waals surface area contributed by atoms with E-state index < -0.39 is 0 Å². The predicted molar refractivity (Wildman–Crippen MR) is 84.3 cm³/mol. The quantitative estimate of drug-likeness (QED) is 0.591. The van der Waals surface area contributed by atoms with Crippen LogP contribution in [0.1, 0.15) is 19.4 Å². The minimum absolute atomic E-state index is 1.20. The number of aromatic amines is 1. The summed E-state index contributed by atoms with van der Waals surface area (Å²) >= 11 is 0. The van der Waals surface area contributed by atoms with Crippen molar-refractivity contribution in [3.05, 3.63) is 65.8 Å². The fraction of sp³-hybridized carbons (Fsp3) is 0.111. The fourth-order valence-corrected chi connectivity index (χ4v) is 2.29. The molecule has 0 aliphatic rings. The zero-order valence-electron chi connectivity index (χ0n) is 11.3. The molecule has 3 aromatic rings. The average Bonchev–Trinajstić information content (AvgIpc) is 2.82. The Morgan fingerprint density at radius 2 is 1.79 bits per heavy atom. The number of H-pyrrole nitrogens is 1. The standard InChI is InChI=1S/C18H17N/c1-3-13(2)8-9-14-10-11-18-16(12-14)15-6-4-5-7-17(15)19-18/h3-12,19H,1-2H3/b9-8-,13-3-. The second-order valence-corrected chi connectivity index (χ2v) is 4.84. The topological polar surface area (TPSA) is 15.8 Å². The van der Waals surface area contributed by atoms with Gasteiger partial charge in [0.15, 0.2) is 0 Å². The lowest BCUT2D eigenvalue weighted by Crippen LogP contribution is -1.73. The minimum Gasteiger partial charge on any atom is -0.355 e. The van der Waals surface area contributed by atoms with Gasteiger partial charge in [0.25, 0.3) is 0 Å².